The lowest BCUT2D eigenvalue weighted by Crippen LogP contribution is -2.42. The fraction of sp³-hybridized carbons (Fsp3) is 0.885. The molecule has 1 heterocycles. The second-order valence-corrected chi connectivity index (χ2v) is 20.5. The summed E-state index contributed by atoms with van der Waals surface area (Å²) in [5.41, 5.74) is 12.7. The van der Waals surface area contributed by atoms with Crippen LogP contribution in [0.3, 0.4) is 0 Å². The van der Waals surface area contributed by atoms with E-state index in [1.807, 2.05) is 27.7 Å². The average Bonchev–Trinajstić information content (AvgIpc) is 3.25. The van der Waals surface area contributed by atoms with Gasteiger partial charge in [0.15, 0.2) is 5.96 Å². The van der Waals surface area contributed by atoms with Crippen molar-refractivity contribution in [2.45, 2.75) is 263 Å². The molecule has 15 atom stereocenters. The maximum Gasteiger partial charge on any atom is 0.311 e. The molecule has 0 aromatic heterocycles. The summed E-state index contributed by atoms with van der Waals surface area (Å²) < 4.78 is 6.39. The molecule has 0 amide bonds. The van der Waals surface area contributed by atoms with Crippen molar-refractivity contribution in [3.05, 3.63) is 23.3 Å². The largest absolute Gasteiger partial charge is 0.461 e. The molecule has 0 saturated carbocycles. The normalized spacial score (nSPS) is 33.6. The zero-order valence-corrected chi connectivity index (χ0v) is 42.4. The lowest BCUT2D eigenvalue weighted by atomic mass is 9.83. The van der Waals surface area contributed by atoms with Gasteiger partial charge < -0.3 is 67.3 Å². The first-order valence-electron chi connectivity index (χ1n) is 26.0. The Morgan fingerprint density at radius 3 is 1.90 bits per heavy atom. The summed E-state index contributed by atoms with van der Waals surface area (Å²) >= 11 is 0. The van der Waals surface area contributed by atoms with Gasteiger partial charge in [-0.05, 0) is 147 Å². The molecule has 15 heteroatoms. The Bertz CT molecular complexity index is 1380. The Labute approximate surface area is 404 Å². The van der Waals surface area contributed by atoms with Gasteiger partial charge in [-0.1, -0.05) is 77.5 Å². The Kier molecular flexibility index (Phi) is 33.6. The number of guanidine groups is 1. The van der Waals surface area contributed by atoms with Crippen molar-refractivity contribution in [1.29, 1.82) is 0 Å². The molecule has 1 rings (SSSR count). The molecule has 0 spiro atoms. The Morgan fingerprint density at radius 1 is 0.716 bits per heavy atom. The van der Waals surface area contributed by atoms with E-state index in [9.17, 15) is 55.9 Å². The van der Waals surface area contributed by atoms with Crippen molar-refractivity contribution in [2.75, 3.05) is 6.54 Å². The minimum absolute atomic E-state index is 0.0123. The molecule has 0 bridgehead atoms. The molecule has 0 radical (unpaired) electrons. The van der Waals surface area contributed by atoms with Crippen LogP contribution in [0, 0.1) is 23.7 Å². The van der Waals surface area contributed by atoms with Crippen molar-refractivity contribution in [2.24, 2.45) is 40.1 Å². The van der Waals surface area contributed by atoms with Crippen LogP contribution in [-0.4, -0.2) is 137 Å². The van der Waals surface area contributed by atoms with Crippen LogP contribution in [0.4, 0.5) is 0 Å². The molecule has 1 aliphatic heterocycles. The maximum atomic E-state index is 14.3. The summed E-state index contributed by atoms with van der Waals surface area (Å²) in [7, 11) is 0. The third kappa shape index (κ3) is 28.9. The molecule has 0 saturated heterocycles. The summed E-state index contributed by atoms with van der Waals surface area (Å²) in [5, 5.41) is 108. The third-order valence-electron chi connectivity index (χ3n) is 13.9. The van der Waals surface area contributed by atoms with Gasteiger partial charge in [0.1, 0.15) is 6.10 Å². The lowest BCUT2D eigenvalue weighted by Gasteiger charge is -2.34. The monoisotopic (exact) mass is 958 g/mol. The van der Waals surface area contributed by atoms with Crippen LogP contribution in [0.15, 0.2) is 28.3 Å². The number of rotatable bonds is 11. The number of unbranched alkanes of at least 4 members (excludes halogenated alkanes) is 3. The van der Waals surface area contributed by atoms with Gasteiger partial charge in [0.25, 0.3) is 0 Å². The van der Waals surface area contributed by atoms with Crippen molar-refractivity contribution >= 4 is 11.9 Å². The van der Waals surface area contributed by atoms with E-state index in [1.165, 1.54) is 0 Å². The lowest BCUT2D eigenvalue weighted by molar-refractivity contribution is -0.167. The number of nitrogens with zero attached hydrogens (tertiary/aromatic N) is 1. The van der Waals surface area contributed by atoms with E-state index in [4.69, 9.17) is 16.2 Å². The first-order chi connectivity index (χ1) is 31.6. The molecule has 15 nitrogen and oxygen atoms in total. The fourth-order valence-corrected chi connectivity index (χ4v) is 9.43. The van der Waals surface area contributed by atoms with E-state index in [1.54, 1.807) is 13.0 Å². The number of aliphatic hydroxyl groups excluding tert-OH is 10. The fourth-order valence-electron chi connectivity index (χ4n) is 9.43. The van der Waals surface area contributed by atoms with Gasteiger partial charge in [0.2, 0.25) is 0 Å². The maximum absolute atomic E-state index is 14.3. The van der Waals surface area contributed by atoms with Crippen molar-refractivity contribution in [3.8, 4) is 0 Å². The molecular formula is C52H99N3O12. The number of aliphatic imine (C=N–C) groups is 1. The molecule has 1 aliphatic rings. The number of allylic oxidation sites excluding steroid dienone is 1. The number of hydrogen-bond donors (Lipinski definition) is 12. The molecule has 0 unspecified atom stereocenters. The molecule has 67 heavy (non-hydrogen) atoms. The Hall–Kier alpha value is -2.18. The van der Waals surface area contributed by atoms with E-state index in [-0.39, 0.29) is 49.9 Å². The van der Waals surface area contributed by atoms with E-state index >= 15 is 0 Å². The zero-order valence-electron chi connectivity index (χ0n) is 42.4. The minimum Gasteiger partial charge on any atom is -0.461 e. The number of cyclic esters (lactones) is 1. The Balaban J connectivity index is 3.30. The summed E-state index contributed by atoms with van der Waals surface area (Å²) in [6.07, 6.45) is 6.32. The van der Waals surface area contributed by atoms with Crippen LogP contribution < -0.4 is 11.5 Å². The number of hydrogen-bond acceptors (Lipinski definition) is 13. The van der Waals surface area contributed by atoms with Gasteiger partial charge >= 0.3 is 5.97 Å². The van der Waals surface area contributed by atoms with Crippen molar-refractivity contribution < 1.29 is 60.6 Å². The van der Waals surface area contributed by atoms with E-state index in [0.29, 0.717) is 102 Å². The number of esters is 1. The van der Waals surface area contributed by atoms with Crippen molar-refractivity contribution in [1.82, 2.24) is 0 Å². The quantitative estimate of drug-likeness (QED) is 0.0395. The third-order valence-corrected chi connectivity index (χ3v) is 13.9. The molecule has 0 aromatic carbocycles. The van der Waals surface area contributed by atoms with Crippen LogP contribution in [0.1, 0.15) is 196 Å². The van der Waals surface area contributed by atoms with Gasteiger partial charge in [0.05, 0.1) is 67.0 Å². The van der Waals surface area contributed by atoms with Crippen LogP contribution in [0.2, 0.25) is 0 Å². The second kappa shape index (κ2) is 35.8. The van der Waals surface area contributed by atoms with Gasteiger partial charge in [-0.2, -0.15) is 0 Å². The molecule has 0 fully saturated rings. The predicted molar refractivity (Wildman–Crippen MR) is 266 cm³/mol. The SMILES string of the molecule is CCCCCC[C@@H]1C(=O)O[C@@H]([C@H](C)[C@H](O)CCCN=C(N)N)[C@@H](C)C=C(C)CCCC[C@H](O)C[C@H](O)C[C@H](O)C[C@H](O)C[C@@H](O)CC=C(C)[C@@H](O)CCC[C@H](O)CCC[C@H](O)CC[C@@H](C)[C@@H]1O. The highest BCUT2D eigenvalue weighted by molar-refractivity contribution is 5.75. The molecule has 0 aliphatic carbocycles. The molecular weight excluding hydrogens is 859 g/mol. The average molecular weight is 958 g/mol. The number of ether oxygens (including phenoxy) is 1. The predicted octanol–water partition coefficient (Wildman–Crippen LogP) is 5.59. The summed E-state index contributed by atoms with van der Waals surface area (Å²) in [5.74, 6) is -2.42. The summed E-state index contributed by atoms with van der Waals surface area (Å²) in [6.45, 7) is 11.9. The standard InChI is InChI=1S/C52H99N3O12/c1-7-8-9-10-21-46-49(65)36(4)25-26-40(57)19-13-18-39(56)20-14-22-47(63)35(3)24-27-42(59)31-44(61)33-45(62)32-43(60)30-41(58)17-12-11-16-34(2)29-37(5)50(67-51(46)66)38(6)48(64)23-15-28-55-52(53)54/h24,29,36-50,56-65H,7-23,25-28,30-33H2,1-6H3,(H4,53,54,55)/t36-,37+,38-,39-,40+,41+,42+,43+,44-,45+,46+,47+,48-,49+,50-/m1/s1. The van der Waals surface area contributed by atoms with Gasteiger partial charge in [-0.15, -0.1) is 0 Å². The van der Waals surface area contributed by atoms with Crippen LogP contribution in [0.25, 0.3) is 0 Å². The van der Waals surface area contributed by atoms with E-state index in [2.05, 4.69) is 18.0 Å². The molecule has 0 aromatic rings. The van der Waals surface area contributed by atoms with Crippen LogP contribution in [-0.2, 0) is 9.53 Å². The van der Waals surface area contributed by atoms with E-state index < -0.39 is 84.9 Å². The topological polar surface area (TPSA) is 293 Å². The van der Waals surface area contributed by atoms with E-state index in [0.717, 1.165) is 37.7 Å². The molecule has 14 N–H and O–H groups in total. The second-order valence-electron chi connectivity index (χ2n) is 20.5. The minimum atomic E-state index is -1.03. The molecule has 394 valence electrons. The Morgan fingerprint density at radius 2 is 1.28 bits per heavy atom. The smallest absolute Gasteiger partial charge is 0.311 e. The zero-order chi connectivity index (χ0) is 50.5. The summed E-state index contributed by atoms with van der Waals surface area (Å²) in [4.78, 5) is 18.3. The van der Waals surface area contributed by atoms with Gasteiger partial charge in [-0.3, -0.25) is 9.79 Å². The van der Waals surface area contributed by atoms with Crippen LogP contribution in [0.5, 0.6) is 0 Å². The number of nitrogens with two attached hydrogens (primary N) is 2. The highest BCUT2D eigenvalue weighted by Gasteiger charge is 2.37. The first kappa shape index (κ1) is 62.8. The number of carbonyl (C=O) groups excluding carboxylic acids is 1. The summed E-state index contributed by atoms with van der Waals surface area (Å²) in [6, 6.07) is 0. The first-order valence-corrected chi connectivity index (χ1v) is 26.0. The van der Waals surface area contributed by atoms with Gasteiger partial charge in [-0.25, -0.2) is 0 Å². The highest BCUT2D eigenvalue weighted by Crippen LogP contribution is 2.31. The highest BCUT2D eigenvalue weighted by atomic mass is 16.5. The number of aliphatic hydroxyl groups is 10. The van der Waals surface area contributed by atoms with Crippen molar-refractivity contribution in [3.63, 3.8) is 0 Å². The van der Waals surface area contributed by atoms with Gasteiger partial charge in [0, 0.05) is 18.4 Å². The number of carbonyl (C=O) groups is 1. The van der Waals surface area contributed by atoms with Crippen LogP contribution >= 0.6 is 0 Å².